The number of aromatic nitrogens is 1. The zero-order valence-corrected chi connectivity index (χ0v) is 27.8. The molecule has 4 aromatic rings. The number of rotatable bonds is 10. The molecule has 49 heavy (non-hydrogen) atoms. The Labute approximate surface area is 286 Å². The van der Waals surface area contributed by atoms with Gasteiger partial charge in [-0.1, -0.05) is 28.1 Å². The Kier molecular flexibility index (Phi) is 9.69. The SMILES string of the molecule is Cc1cccc(O)c1-c1cc(CNC(=O)C(c2cc(Br)ccc2F)n2cc(CCN3CC(F)C3)c(C(F)(F)F)cc2=O)c(F)c(C2CC2)c1. The molecular weight excluding hydrogens is 716 g/mol. The third kappa shape index (κ3) is 7.42. The third-order valence-electron chi connectivity index (χ3n) is 9.04. The minimum atomic E-state index is -4.91. The van der Waals surface area contributed by atoms with E-state index in [1.165, 1.54) is 24.3 Å². The molecule has 6 rings (SSSR count). The number of carbonyl (C=O) groups is 1. The maximum atomic E-state index is 15.9. The van der Waals surface area contributed by atoms with Crippen LogP contribution in [0.3, 0.4) is 0 Å². The normalized spacial score (nSPS) is 16.0. The number of alkyl halides is 4. The van der Waals surface area contributed by atoms with Gasteiger partial charge < -0.3 is 10.4 Å². The lowest BCUT2D eigenvalue weighted by Gasteiger charge is -2.34. The summed E-state index contributed by atoms with van der Waals surface area (Å²) in [4.78, 5) is 28.9. The number of aryl methyl sites for hydroxylation is 1. The molecule has 258 valence electrons. The van der Waals surface area contributed by atoms with Crippen LogP contribution in [0.15, 0.2) is 70.1 Å². The largest absolute Gasteiger partial charge is 0.507 e. The molecular formula is C36H32BrF6N3O3. The molecule has 2 aliphatic rings. The first-order valence-corrected chi connectivity index (χ1v) is 16.5. The second-order valence-corrected chi connectivity index (χ2v) is 13.5. The third-order valence-corrected chi connectivity index (χ3v) is 9.54. The van der Waals surface area contributed by atoms with Crippen LogP contribution >= 0.6 is 15.9 Å². The monoisotopic (exact) mass is 747 g/mol. The Balaban J connectivity index is 1.39. The van der Waals surface area contributed by atoms with Gasteiger partial charge >= 0.3 is 6.18 Å². The molecule has 2 heterocycles. The maximum absolute atomic E-state index is 15.9. The van der Waals surface area contributed by atoms with Crippen LogP contribution in [0.25, 0.3) is 11.1 Å². The standard InChI is InChI=1S/C36H32BrF6N3O3/c1-19-3-2-4-30(47)32(19)22-11-23(33(40)26(12-22)20-5-6-20)15-44-35(49)34(27-13-24(37)7-8-29(27)39)46-16-21(9-10-45-17-25(38)18-45)28(14-31(46)48)36(41,42)43/h2-4,7-8,11-14,16,20,25,34,47H,5-6,9-10,15,17-18H2,1H3,(H,44,49). The molecule has 0 spiro atoms. The first-order valence-electron chi connectivity index (χ1n) is 15.7. The summed E-state index contributed by atoms with van der Waals surface area (Å²) in [6.07, 6.45) is -3.77. The molecule has 1 aliphatic carbocycles. The van der Waals surface area contributed by atoms with Crippen LogP contribution in [0.5, 0.6) is 5.75 Å². The first-order chi connectivity index (χ1) is 23.2. The molecule has 1 atom stereocenters. The van der Waals surface area contributed by atoms with E-state index >= 15 is 8.78 Å². The van der Waals surface area contributed by atoms with Crippen molar-refractivity contribution in [2.24, 2.45) is 0 Å². The topological polar surface area (TPSA) is 74.6 Å². The van der Waals surface area contributed by atoms with Crippen molar-refractivity contribution in [3.8, 4) is 16.9 Å². The molecule has 2 fully saturated rings. The van der Waals surface area contributed by atoms with Gasteiger partial charge in [-0.2, -0.15) is 13.2 Å². The minimum absolute atomic E-state index is 0.00959. The highest BCUT2D eigenvalue weighted by molar-refractivity contribution is 9.10. The molecule has 3 aromatic carbocycles. The Morgan fingerprint density at radius 2 is 1.80 bits per heavy atom. The number of hydrogen-bond donors (Lipinski definition) is 2. The number of phenolic OH excluding ortho intramolecular Hbond substituents is 1. The fourth-order valence-electron chi connectivity index (χ4n) is 6.35. The lowest BCUT2D eigenvalue weighted by atomic mass is 9.93. The fraction of sp³-hybridized carbons (Fsp3) is 0.333. The smallest absolute Gasteiger partial charge is 0.416 e. The number of aromatic hydroxyl groups is 1. The molecule has 1 unspecified atom stereocenters. The highest BCUT2D eigenvalue weighted by Gasteiger charge is 2.37. The van der Waals surface area contributed by atoms with E-state index < -0.39 is 53.6 Å². The van der Waals surface area contributed by atoms with Crippen molar-refractivity contribution < 1.29 is 36.2 Å². The van der Waals surface area contributed by atoms with E-state index in [0.29, 0.717) is 27.2 Å². The lowest BCUT2D eigenvalue weighted by molar-refractivity contribution is -0.138. The summed E-state index contributed by atoms with van der Waals surface area (Å²) in [5.41, 5.74) is -0.779. The second-order valence-electron chi connectivity index (χ2n) is 12.6. The quantitative estimate of drug-likeness (QED) is 0.164. The maximum Gasteiger partial charge on any atom is 0.416 e. The number of likely N-dealkylation sites (tertiary alicyclic amines) is 1. The predicted octanol–water partition coefficient (Wildman–Crippen LogP) is 7.57. The molecule has 13 heteroatoms. The molecule has 1 aliphatic heterocycles. The van der Waals surface area contributed by atoms with Crippen LogP contribution in [0.4, 0.5) is 26.3 Å². The summed E-state index contributed by atoms with van der Waals surface area (Å²) >= 11 is 3.23. The van der Waals surface area contributed by atoms with E-state index in [2.05, 4.69) is 21.2 Å². The van der Waals surface area contributed by atoms with Crippen LogP contribution in [0.1, 0.15) is 58.2 Å². The van der Waals surface area contributed by atoms with Gasteiger partial charge in [0.25, 0.3) is 5.56 Å². The van der Waals surface area contributed by atoms with E-state index in [-0.39, 0.29) is 54.4 Å². The summed E-state index contributed by atoms with van der Waals surface area (Å²) < 4.78 is 87.9. The summed E-state index contributed by atoms with van der Waals surface area (Å²) in [5, 5.41) is 13.2. The average molecular weight is 749 g/mol. The minimum Gasteiger partial charge on any atom is -0.507 e. The van der Waals surface area contributed by atoms with E-state index in [4.69, 9.17) is 0 Å². The van der Waals surface area contributed by atoms with Crippen LogP contribution in [0.2, 0.25) is 0 Å². The van der Waals surface area contributed by atoms with Crippen molar-refractivity contribution in [1.82, 2.24) is 14.8 Å². The zero-order chi connectivity index (χ0) is 35.2. The van der Waals surface area contributed by atoms with Crippen LogP contribution in [0, 0.1) is 18.6 Å². The van der Waals surface area contributed by atoms with Crippen LogP contribution in [-0.4, -0.2) is 46.3 Å². The number of benzene rings is 3. The van der Waals surface area contributed by atoms with Gasteiger partial charge in [-0.25, -0.2) is 13.2 Å². The molecule has 1 amide bonds. The van der Waals surface area contributed by atoms with Gasteiger partial charge in [-0.15, -0.1) is 0 Å². The number of carbonyl (C=O) groups excluding carboxylic acids is 1. The highest BCUT2D eigenvalue weighted by atomic mass is 79.9. The van der Waals surface area contributed by atoms with Gasteiger partial charge in [-0.3, -0.25) is 19.1 Å². The predicted molar refractivity (Wildman–Crippen MR) is 175 cm³/mol. The molecule has 6 nitrogen and oxygen atoms in total. The van der Waals surface area contributed by atoms with E-state index in [0.717, 1.165) is 35.2 Å². The Bertz CT molecular complexity index is 1950. The lowest BCUT2D eigenvalue weighted by Crippen LogP contribution is -2.49. The van der Waals surface area contributed by atoms with Gasteiger partial charge in [0, 0.05) is 59.6 Å². The number of hydrogen-bond acceptors (Lipinski definition) is 4. The molecule has 2 N–H and O–H groups in total. The molecule has 0 bridgehead atoms. The second kappa shape index (κ2) is 13.7. The Morgan fingerprint density at radius 3 is 2.45 bits per heavy atom. The number of amides is 1. The number of halogens is 7. The van der Waals surface area contributed by atoms with Gasteiger partial charge in [0.1, 0.15) is 29.6 Å². The zero-order valence-electron chi connectivity index (χ0n) is 26.3. The van der Waals surface area contributed by atoms with Gasteiger partial charge in [0.15, 0.2) is 0 Å². The van der Waals surface area contributed by atoms with Crippen molar-refractivity contribution in [3.63, 3.8) is 0 Å². The van der Waals surface area contributed by atoms with Gasteiger partial charge in [0.05, 0.1) is 5.56 Å². The summed E-state index contributed by atoms with van der Waals surface area (Å²) in [5.74, 6) is -2.47. The first kappa shape index (κ1) is 34.8. The Morgan fingerprint density at radius 1 is 1.06 bits per heavy atom. The number of phenols is 1. The fourth-order valence-corrected chi connectivity index (χ4v) is 6.73. The van der Waals surface area contributed by atoms with E-state index in [1.807, 2.05) is 0 Å². The van der Waals surface area contributed by atoms with Crippen molar-refractivity contribution in [3.05, 3.63) is 121 Å². The molecule has 1 aromatic heterocycles. The van der Waals surface area contributed by atoms with E-state index in [1.54, 1.807) is 30.0 Å². The Hall–Kier alpha value is -4.10. The molecule has 0 radical (unpaired) electrons. The number of nitrogens with zero attached hydrogens (tertiary/aromatic N) is 2. The number of nitrogens with one attached hydrogen (secondary N) is 1. The van der Waals surface area contributed by atoms with Gasteiger partial charge in [0.2, 0.25) is 5.91 Å². The van der Waals surface area contributed by atoms with Crippen molar-refractivity contribution >= 4 is 21.8 Å². The molecule has 1 saturated heterocycles. The van der Waals surface area contributed by atoms with Crippen molar-refractivity contribution in [2.75, 3.05) is 19.6 Å². The summed E-state index contributed by atoms with van der Waals surface area (Å²) in [6.45, 7) is 1.60. The van der Waals surface area contributed by atoms with Crippen molar-refractivity contribution in [1.29, 1.82) is 0 Å². The number of pyridine rings is 1. The van der Waals surface area contributed by atoms with Crippen molar-refractivity contribution in [2.45, 2.75) is 57.0 Å². The molecule has 1 saturated carbocycles. The summed E-state index contributed by atoms with van der Waals surface area (Å²) in [7, 11) is 0. The summed E-state index contributed by atoms with van der Waals surface area (Å²) in [6, 6.07) is 10.4. The van der Waals surface area contributed by atoms with E-state index in [9.17, 15) is 32.3 Å². The highest BCUT2D eigenvalue weighted by Crippen LogP contribution is 2.44. The van der Waals surface area contributed by atoms with Crippen LogP contribution in [-0.2, 0) is 23.9 Å². The van der Waals surface area contributed by atoms with Gasteiger partial charge in [-0.05, 0) is 90.8 Å². The van der Waals surface area contributed by atoms with Crippen LogP contribution < -0.4 is 10.9 Å². The average Bonchev–Trinajstić information content (AvgIpc) is 3.86.